The molecule has 0 amide bonds. The fourth-order valence-electron chi connectivity index (χ4n) is 15.9. The maximum Gasteiger partial charge on any atom is 0.338 e. The molecule has 113 heavy (non-hydrogen) atoms. The molecule has 0 spiro atoms. The molecule has 6 heterocycles. The van der Waals surface area contributed by atoms with E-state index in [2.05, 4.69) is 146 Å². The normalized spacial score (nSPS) is 19.1. The summed E-state index contributed by atoms with van der Waals surface area (Å²) in [6, 6.07) is 35.6. The predicted octanol–water partition coefficient (Wildman–Crippen LogP) is 18.1. The molecule has 14 rings (SSSR count). The summed E-state index contributed by atoms with van der Waals surface area (Å²) in [5, 5.41) is 4.77. The molecule has 0 radical (unpaired) electrons. The van der Waals surface area contributed by atoms with Crippen molar-refractivity contribution in [1.29, 1.82) is 0 Å². The van der Waals surface area contributed by atoms with E-state index in [9.17, 15) is 24.0 Å². The molecule has 10 aromatic rings. The van der Waals surface area contributed by atoms with Gasteiger partial charge in [-0.25, -0.2) is 29.1 Å². The Bertz CT molecular complexity index is 4800. The third kappa shape index (κ3) is 21.3. The Morgan fingerprint density at radius 1 is 0.460 bits per heavy atom. The molecule has 0 unspecified atom stereocenters. The molecule has 4 aliphatic rings. The number of carbonyl (C=O) groups is 5. The number of aromatic nitrogens is 6. The van der Waals surface area contributed by atoms with Gasteiger partial charge in [0.15, 0.2) is 0 Å². The molecule has 6 aromatic heterocycles. The Kier molecular flexibility index (Phi) is 29.9. The standard InChI is InChI=1S/C44H52N4O7.C31H37N3O2.C14H16O6.C2H6/c1-28(2)48(20-6-7-21-53-33-14-16-37(43(49)51-4)38(25-33)44(50)52-5)31-10-12-32(13-11-31)54-34-23-35(24-34)55-42-17-9-30(26-46-42)29-8-15-36-39-27-45-19-18-40(39)47(3)41(36)22-29;1-20(2)14-21-4-8-24(9-5-21)35-25-16-26(17-25)36-31-11-7-23(18-33-31)22-6-10-27-28-19-32-13-12-29(28)34(3)30(27)15-22;1-18-13(16)11-6-5-10(20-8-4-3-7-15)9-12(11)14(17)19-2;1-2/h8-9,14-19,22,25-28,31-32,34-35H,6-7,10-13,20-21,23-24H2,1-5H3;6-7,10-13,15,18-21,24-26H,4-5,8-9,14,16-17H2,1-3H3;5-7,9H,3-4,8H2,1-2H3;1-2H3. The summed E-state index contributed by atoms with van der Waals surface area (Å²) in [5.41, 5.74) is 9.64. The first-order valence-electron chi connectivity index (χ1n) is 40.2. The van der Waals surface area contributed by atoms with Crippen molar-refractivity contribution in [3.05, 3.63) is 169 Å². The van der Waals surface area contributed by atoms with Crippen LogP contribution in [0, 0.1) is 11.8 Å². The molecule has 4 aliphatic carbocycles. The van der Waals surface area contributed by atoms with Gasteiger partial charge in [-0.1, -0.05) is 52.0 Å². The number of hydrogen-bond acceptors (Lipinski definition) is 20. The van der Waals surface area contributed by atoms with Gasteiger partial charge in [-0.15, -0.1) is 0 Å². The minimum atomic E-state index is -0.649. The average molecular weight is 1540 g/mol. The Balaban J connectivity index is 0.000000185. The second-order valence-electron chi connectivity index (χ2n) is 30.2. The van der Waals surface area contributed by atoms with Crippen LogP contribution in [0.3, 0.4) is 0 Å². The molecule has 0 bridgehead atoms. The topological polar surface area (TPSA) is 242 Å². The Morgan fingerprint density at radius 2 is 0.894 bits per heavy atom. The number of methoxy groups -OCH3 is 4. The summed E-state index contributed by atoms with van der Waals surface area (Å²) < 4.78 is 59.9. The van der Waals surface area contributed by atoms with Gasteiger partial charge in [-0.05, 0) is 193 Å². The molecular weight excluding hydrogens is 1430 g/mol. The van der Waals surface area contributed by atoms with Crippen LogP contribution < -0.4 is 18.9 Å². The van der Waals surface area contributed by atoms with Gasteiger partial charge < -0.3 is 61.3 Å². The molecule has 0 atom stereocenters. The fraction of sp³-hybridized carbons (Fsp3) is 0.462. The Hall–Kier alpha value is -10.3. The van der Waals surface area contributed by atoms with Crippen LogP contribution in [0.15, 0.2) is 146 Å². The molecule has 22 heteroatoms. The van der Waals surface area contributed by atoms with Crippen LogP contribution in [-0.4, -0.2) is 161 Å². The van der Waals surface area contributed by atoms with Gasteiger partial charge in [0.2, 0.25) is 11.8 Å². The predicted molar refractivity (Wildman–Crippen MR) is 438 cm³/mol. The number of benzene rings is 4. The van der Waals surface area contributed by atoms with E-state index < -0.39 is 23.9 Å². The number of carbonyl (C=O) groups excluding carboxylic acids is 5. The van der Waals surface area contributed by atoms with Crippen LogP contribution in [0.4, 0.5) is 0 Å². The van der Waals surface area contributed by atoms with E-state index in [0.717, 1.165) is 117 Å². The maximum absolute atomic E-state index is 12.2. The molecule has 0 N–H and O–H groups in total. The van der Waals surface area contributed by atoms with Crippen molar-refractivity contribution in [3.8, 4) is 45.5 Å². The molecule has 4 saturated carbocycles. The Morgan fingerprint density at radius 3 is 1.31 bits per heavy atom. The van der Waals surface area contributed by atoms with Crippen molar-refractivity contribution < 1.29 is 71.3 Å². The highest BCUT2D eigenvalue weighted by molar-refractivity contribution is 6.10. The van der Waals surface area contributed by atoms with Crippen LogP contribution in [-0.2, 0) is 47.3 Å². The van der Waals surface area contributed by atoms with E-state index in [1.54, 1.807) is 18.2 Å². The Labute approximate surface area is 663 Å². The van der Waals surface area contributed by atoms with Gasteiger partial charge in [0.25, 0.3) is 0 Å². The first-order chi connectivity index (χ1) is 54.9. The van der Waals surface area contributed by atoms with Crippen LogP contribution in [0.5, 0.6) is 23.3 Å². The summed E-state index contributed by atoms with van der Waals surface area (Å²) in [6.45, 7) is 15.1. The van der Waals surface area contributed by atoms with Crippen LogP contribution in [0.2, 0.25) is 0 Å². The lowest BCUT2D eigenvalue weighted by Crippen LogP contribution is -2.46. The first kappa shape index (κ1) is 83.6. The number of ether oxygens (including phenoxy) is 10. The van der Waals surface area contributed by atoms with Gasteiger partial charge in [0, 0.05) is 151 Å². The number of esters is 4. The second kappa shape index (κ2) is 40.4. The smallest absolute Gasteiger partial charge is 0.338 e. The quantitative estimate of drug-likeness (QED) is 0.0183. The zero-order valence-corrected chi connectivity index (χ0v) is 67.6. The van der Waals surface area contributed by atoms with Crippen molar-refractivity contribution in [2.45, 2.75) is 199 Å². The number of unbranched alkanes of at least 4 members (excludes halogenated alkanes) is 2. The average Bonchev–Trinajstić information content (AvgIpc) is 1.61. The van der Waals surface area contributed by atoms with E-state index in [1.807, 2.05) is 63.2 Å². The van der Waals surface area contributed by atoms with Gasteiger partial charge in [-0.2, -0.15) is 0 Å². The number of aldehydes is 1. The lowest BCUT2D eigenvalue weighted by atomic mass is 9.82. The molecule has 4 fully saturated rings. The summed E-state index contributed by atoms with van der Waals surface area (Å²) >= 11 is 0. The molecular formula is C91H111N7O15. The van der Waals surface area contributed by atoms with Crippen molar-refractivity contribution >= 4 is 73.8 Å². The van der Waals surface area contributed by atoms with Crippen LogP contribution in [0.25, 0.3) is 65.9 Å². The number of aryl methyl sites for hydroxylation is 2. The van der Waals surface area contributed by atoms with Crippen molar-refractivity contribution in [3.63, 3.8) is 0 Å². The third-order valence-corrected chi connectivity index (χ3v) is 22.0. The lowest BCUT2D eigenvalue weighted by Gasteiger charge is -2.42. The first-order valence-corrected chi connectivity index (χ1v) is 40.2. The second-order valence-corrected chi connectivity index (χ2v) is 30.2. The minimum absolute atomic E-state index is 0.0761. The summed E-state index contributed by atoms with van der Waals surface area (Å²) in [4.78, 5) is 78.2. The van der Waals surface area contributed by atoms with Crippen LogP contribution in [0.1, 0.15) is 192 Å². The zero-order chi connectivity index (χ0) is 80.1. The monoisotopic (exact) mass is 1540 g/mol. The van der Waals surface area contributed by atoms with Gasteiger partial charge in [0.1, 0.15) is 30.0 Å². The van der Waals surface area contributed by atoms with E-state index >= 15 is 0 Å². The van der Waals surface area contributed by atoms with Crippen molar-refractivity contribution in [1.82, 2.24) is 34.0 Å². The number of rotatable bonds is 29. The number of hydrogen-bond donors (Lipinski definition) is 0. The highest BCUT2D eigenvalue weighted by atomic mass is 16.5. The van der Waals surface area contributed by atoms with Crippen molar-refractivity contribution in [2.75, 3.05) is 48.2 Å². The van der Waals surface area contributed by atoms with Crippen molar-refractivity contribution in [2.24, 2.45) is 25.9 Å². The van der Waals surface area contributed by atoms with E-state index in [0.29, 0.717) is 79.7 Å². The number of fused-ring (bicyclic) bond motifs is 6. The molecule has 22 nitrogen and oxygen atoms in total. The third-order valence-electron chi connectivity index (χ3n) is 22.0. The molecule has 0 saturated heterocycles. The SMILES string of the molecule is CC.CC(C)CC1CCC(OC2CC(Oc3ccc(-c4ccc5c6cnccc6n(C)c5c4)cn3)C2)CC1.COC(=O)c1ccc(OCCCC=O)cc1C(=O)OC.COC(=O)c1ccc(OCCCCN(C(C)C)C2CCC(OC3CC(Oc4ccc(-c5ccc6c7cnccc7n(C)c6c5)cn4)C3)CC2)cc1C(=O)OC. The van der Waals surface area contributed by atoms with Gasteiger partial charge >= 0.3 is 23.9 Å². The van der Waals surface area contributed by atoms with E-state index in [1.165, 1.54) is 117 Å². The van der Waals surface area contributed by atoms with E-state index in [4.69, 9.17) is 37.9 Å². The van der Waals surface area contributed by atoms with Crippen LogP contribution >= 0.6 is 0 Å². The number of nitrogens with zero attached hydrogens (tertiary/aromatic N) is 7. The largest absolute Gasteiger partial charge is 0.494 e. The molecule has 0 aliphatic heterocycles. The van der Waals surface area contributed by atoms with Gasteiger partial charge in [0.05, 0.1) is 99.4 Å². The minimum Gasteiger partial charge on any atom is -0.494 e. The fourth-order valence-corrected chi connectivity index (χ4v) is 15.9. The number of pyridine rings is 4. The highest BCUT2D eigenvalue weighted by Crippen LogP contribution is 2.39. The lowest BCUT2D eigenvalue weighted by molar-refractivity contribution is -0.111. The molecule has 600 valence electrons. The molecule has 4 aromatic carbocycles. The summed E-state index contributed by atoms with van der Waals surface area (Å²) in [6.07, 6.45) is 31.4. The van der Waals surface area contributed by atoms with E-state index in [-0.39, 0.29) is 40.6 Å². The highest BCUT2D eigenvalue weighted by Gasteiger charge is 2.38. The zero-order valence-electron chi connectivity index (χ0n) is 67.6. The maximum atomic E-state index is 12.2. The summed E-state index contributed by atoms with van der Waals surface area (Å²) in [5.74, 6) is 1.54. The van der Waals surface area contributed by atoms with Gasteiger partial charge in [-0.3, -0.25) is 14.9 Å². The summed E-state index contributed by atoms with van der Waals surface area (Å²) in [7, 11) is 9.22.